The van der Waals surface area contributed by atoms with E-state index >= 15 is 0 Å². The molecule has 0 unspecified atom stereocenters. The smallest absolute Gasteiger partial charge is 0.187 e. The number of nitrogens with two attached hydrogens (primary N) is 1. The maximum absolute atomic E-state index is 6.01. The molecular weight excluding hydrogens is 326 g/mol. The zero-order chi connectivity index (χ0) is 17.2. The lowest BCUT2D eigenvalue weighted by molar-refractivity contribution is 0.305. The van der Waals surface area contributed by atoms with Gasteiger partial charge in [0, 0.05) is 5.92 Å². The number of fused-ring (bicyclic) bond motifs is 1. The third kappa shape index (κ3) is 3.10. The van der Waals surface area contributed by atoms with Crippen LogP contribution in [0.4, 0.5) is 0 Å². The van der Waals surface area contributed by atoms with Gasteiger partial charge < -0.3 is 5.73 Å². The molecule has 2 atom stereocenters. The van der Waals surface area contributed by atoms with E-state index in [1.807, 2.05) is 17.1 Å². The number of rotatable bonds is 2. The monoisotopic (exact) mass is 347 g/mol. The molecule has 1 aliphatic heterocycles. The third-order valence-electron chi connectivity index (χ3n) is 5.01. The van der Waals surface area contributed by atoms with Crippen molar-refractivity contribution in [3.05, 3.63) is 77.4 Å². The summed E-state index contributed by atoms with van der Waals surface area (Å²) in [5, 5.41) is 7.04. The fourth-order valence-electron chi connectivity index (χ4n) is 3.92. The summed E-state index contributed by atoms with van der Waals surface area (Å²) in [5.41, 5.74) is 10.9. The standard InChI is InChI=1S/C21H21N3S/c22-21(25)24-20(16-10-5-2-6-11-16)18-13-7-12-17(19(18)23-24)14-15-8-3-1-4-9-15/h1-6,8-11,14,18,20H,7,12-13H2,(H2,22,25)/b17-14+/t18-,20-/m1/s1. The van der Waals surface area contributed by atoms with Crippen molar-refractivity contribution < 1.29 is 0 Å². The number of hydrazone groups is 1. The fraction of sp³-hybridized carbons (Fsp3) is 0.238. The van der Waals surface area contributed by atoms with Crippen LogP contribution in [0.3, 0.4) is 0 Å². The number of nitrogens with zero attached hydrogens (tertiary/aromatic N) is 2. The number of thiocarbonyl (C=S) groups is 1. The van der Waals surface area contributed by atoms with Crippen molar-refractivity contribution >= 4 is 29.1 Å². The molecule has 2 aliphatic rings. The highest BCUT2D eigenvalue weighted by Gasteiger charge is 2.42. The van der Waals surface area contributed by atoms with Gasteiger partial charge in [0.25, 0.3) is 0 Å². The Kier molecular flexibility index (Phi) is 4.36. The SMILES string of the molecule is NC(=S)N1N=C2/C(=C/c3ccccc3)CCC[C@H]2[C@H]1c1ccccc1. The normalized spacial score (nSPS) is 24.1. The van der Waals surface area contributed by atoms with Crippen LogP contribution in [0, 0.1) is 5.92 Å². The van der Waals surface area contributed by atoms with E-state index in [-0.39, 0.29) is 6.04 Å². The van der Waals surface area contributed by atoms with Crippen LogP contribution in [0.25, 0.3) is 6.08 Å². The highest BCUT2D eigenvalue weighted by Crippen LogP contribution is 2.44. The van der Waals surface area contributed by atoms with Crippen LogP contribution in [0.1, 0.15) is 36.4 Å². The molecule has 1 fully saturated rings. The van der Waals surface area contributed by atoms with Crippen molar-refractivity contribution in [3.63, 3.8) is 0 Å². The molecule has 4 heteroatoms. The second kappa shape index (κ2) is 6.81. The predicted molar refractivity (Wildman–Crippen MR) is 107 cm³/mol. The van der Waals surface area contributed by atoms with E-state index in [9.17, 15) is 0 Å². The summed E-state index contributed by atoms with van der Waals surface area (Å²) in [6.45, 7) is 0. The van der Waals surface area contributed by atoms with Crippen LogP contribution in [0.5, 0.6) is 0 Å². The second-order valence-corrected chi connectivity index (χ2v) is 7.02. The van der Waals surface area contributed by atoms with Gasteiger partial charge in [-0.05, 0) is 54.3 Å². The van der Waals surface area contributed by atoms with Crippen LogP contribution >= 0.6 is 12.2 Å². The lowest BCUT2D eigenvalue weighted by Crippen LogP contribution is -2.34. The average Bonchev–Trinajstić information content (AvgIpc) is 3.04. The van der Waals surface area contributed by atoms with Crippen molar-refractivity contribution in [1.82, 2.24) is 5.01 Å². The maximum atomic E-state index is 6.01. The Morgan fingerprint density at radius 1 is 1.08 bits per heavy atom. The van der Waals surface area contributed by atoms with Crippen LogP contribution in [0.15, 0.2) is 71.3 Å². The van der Waals surface area contributed by atoms with E-state index in [1.165, 1.54) is 16.7 Å². The Hall–Kier alpha value is -2.46. The highest BCUT2D eigenvalue weighted by molar-refractivity contribution is 7.80. The lowest BCUT2D eigenvalue weighted by Gasteiger charge is -2.29. The average molecular weight is 347 g/mol. The fourth-order valence-corrected chi connectivity index (χ4v) is 4.07. The molecule has 0 saturated heterocycles. The first-order chi connectivity index (χ1) is 12.2. The zero-order valence-electron chi connectivity index (χ0n) is 14.0. The molecule has 2 aromatic carbocycles. The number of benzene rings is 2. The number of hydrogen-bond donors (Lipinski definition) is 1. The van der Waals surface area contributed by atoms with E-state index in [1.54, 1.807) is 0 Å². The van der Waals surface area contributed by atoms with Gasteiger partial charge in [-0.15, -0.1) is 0 Å². The van der Waals surface area contributed by atoms with Gasteiger partial charge in [-0.25, -0.2) is 5.01 Å². The quantitative estimate of drug-likeness (QED) is 0.812. The van der Waals surface area contributed by atoms with Crippen molar-refractivity contribution in [3.8, 4) is 0 Å². The van der Waals surface area contributed by atoms with Gasteiger partial charge in [0.15, 0.2) is 5.11 Å². The van der Waals surface area contributed by atoms with Crippen LogP contribution in [-0.2, 0) is 0 Å². The molecule has 1 heterocycles. The second-order valence-electron chi connectivity index (χ2n) is 6.60. The van der Waals surface area contributed by atoms with Crippen LogP contribution in [0.2, 0.25) is 0 Å². The van der Waals surface area contributed by atoms with Crippen molar-refractivity contribution in [1.29, 1.82) is 0 Å². The number of hydrogen-bond acceptors (Lipinski definition) is 2. The molecule has 0 radical (unpaired) electrons. The Morgan fingerprint density at radius 2 is 1.76 bits per heavy atom. The van der Waals surface area contributed by atoms with E-state index in [0.717, 1.165) is 25.0 Å². The molecule has 1 aliphatic carbocycles. The van der Waals surface area contributed by atoms with Gasteiger partial charge in [-0.3, -0.25) is 0 Å². The largest absolute Gasteiger partial charge is 0.375 e. The number of allylic oxidation sites excluding steroid dienone is 1. The minimum Gasteiger partial charge on any atom is -0.375 e. The molecule has 0 amide bonds. The molecule has 2 aromatic rings. The molecule has 2 N–H and O–H groups in total. The predicted octanol–water partition coefficient (Wildman–Crippen LogP) is 4.53. The van der Waals surface area contributed by atoms with E-state index < -0.39 is 0 Å². The maximum Gasteiger partial charge on any atom is 0.187 e. The Balaban J connectivity index is 1.74. The Labute approximate surface area is 153 Å². The van der Waals surface area contributed by atoms with E-state index in [0.29, 0.717) is 11.0 Å². The molecular formula is C21H21N3S. The molecule has 0 bridgehead atoms. The van der Waals surface area contributed by atoms with Crippen molar-refractivity contribution in [2.75, 3.05) is 0 Å². The van der Waals surface area contributed by atoms with Gasteiger partial charge >= 0.3 is 0 Å². The molecule has 0 spiro atoms. The first kappa shape index (κ1) is 16.0. The summed E-state index contributed by atoms with van der Waals surface area (Å²) in [6, 6.07) is 21.0. The van der Waals surface area contributed by atoms with E-state index in [4.69, 9.17) is 23.1 Å². The van der Waals surface area contributed by atoms with E-state index in [2.05, 4.69) is 54.6 Å². The summed E-state index contributed by atoms with van der Waals surface area (Å²) in [4.78, 5) is 0. The zero-order valence-corrected chi connectivity index (χ0v) is 14.8. The highest BCUT2D eigenvalue weighted by atomic mass is 32.1. The lowest BCUT2D eigenvalue weighted by atomic mass is 9.77. The van der Waals surface area contributed by atoms with Gasteiger partial charge in [0.1, 0.15) is 0 Å². The summed E-state index contributed by atoms with van der Waals surface area (Å²) in [6.07, 6.45) is 5.59. The van der Waals surface area contributed by atoms with Crippen LogP contribution in [-0.4, -0.2) is 15.8 Å². The topological polar surface area (TPSA) is 41.6 Å². The summed E-state index contributed by atoms with van der Waals surface area (Å²) in [7, 11) is 0. The molecule has 4 rings (SSSR count). The molecule has 126 valence electrons. The van der Waals surface area contributed by atoms with Crippen molar-refractivity contribution in [2.45, 2.75) is 25.3 Å². The van der Waals surface area contributed by atoms with Gasteiger partial charge in [0.05, 0.1) is 11.8 Å². The third-order valence-corrected chi connectivity index (χ3v) is 5.20. The Bertz CT molecular complexity index is 827. The summed E-state index contributed by atoms with van der Waals surface area (Å²) >= 11 is 5.30. The summed E-state index contributed by atoms with van der Waals surface area (Å²) in [5.74, 6) is 0.340. The minimum atomic E-state index is 0.105. The molecule has 1 saturated carbocycles. The Morgan fingerprint density at radius 3 is 2.44 bits per heavy atom. The molecule has 0 aromatic heterocycles. The first-order valence-corrected chi connectivity index (χ1v) is 9.13. The first-order valence-electron chi connectivity index (χ1n) is 8.72. The van der Waals surface area contributed by atoms with Crippen LogP contribution < -0.4 is 5.73 Å². The van der Waals surface area contributed by atoms with Gasteiger partial charge in [-0.2, -0.15) is 5.10 Å². The van der Waals surface area contributed by atoms with Gasteiger partial charge in [0.2, 0.25) is 0 Å². The molecule has 3 nitrogen and oxygen atoms in total. The molecule has 25 heavy (non-hydrogen) atoms. The van der Waals surface area contributed by atoms with Gasteiger partial charge in [-0.1, -0.05) is 60.7 Å². The summed E-state index contributed by atoms with van der Waals surface area (Å²) < 4.78 is 0. The minimum absolute atomic E-state index is 0.105. The van der Waals surface area contributed by atoms with Crippen molar-refractivity contribution in [2.24, 2.45) is 16.8 Å².